The normalized spacial score (nSPS) is 11.6. The summed E-state index contributed by atoms with van der Waals surface area (Å²) in [6.07, 6.45) is -0.504. The van der Waals surface area contributed by atoms with Gasteiger partial charge in [0.2, 0.25) is 5.78 Å². The third kappa shape index (κ3) is 5.18. The number of benzene rings is 2. The van der Waals surface area contributed by atoms with Crippen LogP contribution < -0.4 is 4.74 Å². The molecule has 0 heterocycles. The van der Waals surface area contributed by atoms with Crippen LogP contribution in [0.3, 0.4) is 0 Å². The minimum absolute atomic E-state index is 0.242. The van der Waals surface area contributed by atoms with Crippen molar-refractivity contribution in [2.75, 3.05) is 14.1 Å². The summed E-state index contributed by atoms with van der Waals surface area (Å²) in [7, 11) is 3.17. The molecule has 24 heavy (non-hydrogen) atoms. The summed E-state index contributed by atoms with van der Waals surface area (Å²) in [6, 6.07) is 16.0. The van der Waals surface area contributed by atoms with E-state index >= 15 is 0 Å². The van der Waals surface area contributed by atoms with Gasteiger partial charge < -0.3 is 14.4 Å². The second kappa shape index (κ2) is 8.61. The largest absolute Gasteiger partial charge is 0.414 e. The molecule has 1 amide bonds. The van der Waals surface area contributed by atoms with E-state index in [2.05, 4.69) is 15.9 Å². The highest BCUT2D eigenvalue weighted by atomic mass is 79.9. The Balaban J connectivity index is 1.99. The number of rotatable bonds is 6. The highest BCUT2D eigenvalue weighted by Crippen LogP contribution is 2.19. The van der Waals surface area contributed by atoms with Gasteiger partial charge in [0.15, 0.2) is 5.01 Å². The molecule has 0 aliphatic rings. The van der Waals surface area contributed by atoms with E-state index in [0.29, 0.717) is 17.9 Å². The smallest absolute Gasteiger partial charge is 0.410 e. The summed E-state index contributed by atoms with van der Waals surface area (Å²) in [4.78, 5) is 25.3. The molecule has 0 saturated heterocycles. The molecule has 0 spiro atoms. The van der Waals surface area contributed by atoms with E-state index in [0.717, 1.165) is 5.56 Å². The molecule has 5 nitrogen and oxygen atoms in total. The van der Waals surface area contributed by atoms with Crippen LogP contribution in [-0.4, -0.2) is 35.9 Å². The fraction of sp³-hybridized carbons (Fsp3) is 0.222. The van der Waals surface area contributed by atoms with Gasteiger partial charge in [-0.15, -0.1) is 0 Å². The van der Waals surface area contributed by atoms with E-state index in [1.165, 1.54) is 11.0 Å². The Bertz CT molecular complexity index is 703. The molecular weight excluding hydrogens is 374 g/mol. The fourth-order valence-electron chi connectivity index (χ4n) is 1.86. The number of alkyl halides is 1. The standard InChI is InChI=1S/C18H18BrNO4/c1-20(2)18(22)24-15-10-6-9-14(11-15)16(21)17(19)23-12-13-7-4-3-5-8-13/h3-11,17H,12H2,1-2H3. The van der Waals surface area contributed by atoms with E-state index < -0.39 is 11.1 Å². The maximum Gasteiger partial charge on any atom is 0.414 e. The van der Waals surface area contributed by atoms with Gasteiger partial charge >= 0.3 is 6.09 Å². The van der Waals surface area contributed by atoms with E-state index in [1.807, 2.05) is 30.3 Å². The first-order chi connectivity index (χ1) is 11.5. The average Bonchev–Trinajstić information content (AvgIpc) is 2.60. The van der Waals surface area contributed by atoms with Crippen LogP contribution in [0.25, 0.3) is 0 Å². The molecule has 0 saturated carbocycles. The third-order valence-electron chi connectivity index (χ3n) is 3.13. The SMILES string of the molecule is CN(C)C(=O)Oc1cccc(C(=O)C(Br)OCc2ccccc2)c1. The molecule has 0 fully saturated rings. The number of carbonyl (C=O) groups is 2. The van der Waals surface area contributed by atoms with E-state index in [1.54, 1.807) is 32.3 Å². The maximum absolute atomic E-state index is 12.4. The van der Waals surface area contributed by atoms with E-state index in [9.17, 15) is 9.59 Å². The van der Waals surface area contributed by atoms with Crippen molar-refractivity contribution in [2.45, 2.75) is 11.6 Å². The van der Waals surface area contributed by atoms with Crippen molar-refractivity contribution in [2.24, 2.45) is 0 Å². The zero-order valence-electron chi connectivity index (χ0n) is 13.4. The van der Waals surface area contributed by atoms with Crippen LogP contribution in [0.15, 0.2) is 54.6 Å². The monoisotopic (exact) mass is 391 g/mol. The van der Waals surface area contributed by atoms with Gasteiger partial charge in [-0.2, -0.15) is 0 Å². The molecule has 0 bridgehead atoms. The maximum atomic E-state index is 12.4. The van der Waals surface area contributed by atoms with Gasteiger partial charge in [0, 0.05) is 19.7 Å². The van der Waals surface area contributed by atoms with Crippen molar-refractivity contribution in [1.29, 1.82) is 0 Å². The molecule has 126 valence electrons. The van der Waals surface area contributed by atoms with Gasteiger partial charge in [-0.05, 0) is 33.6 Å². The molecule has 0 aromatic heterocycles. The number of halogens is 1. The summed E-state index contributed by atoms with van der Waals surface area (Å²) < 4.78 is 10.7. The summed E-state index contributed by atoms with van der Waals surface area (Å²) in [5.74, 6) is 0.0657. The van der Waals surface area contributed by atoms with Crippen molar-refractivity contribution in [3.8, 4) is 5.75 Å². The molecule has 1 unspecified atom stereocenters. The number of hydrogen-bond donors (Lipinski definition) is 0. The second-order valence-electron chi connectivity index (χ2n) is 5.27. The summed E-state index contributed by atoms with van der Waals surface area (Å²) >= 11 is 3.25. The summed E-state index contributed by atoms with van der Waals surface area (Å²) in [6.45, 7) is 0.317. The van der Waals surface area contributed by atoms with Gasteiger partial charge in [0.25, 0.3) is 0 Å². The third-order valence-corrected chi connectivity index (χ3v) is 3.81. The first-order valence-corrected chi connectivity index (χ1v) is 8.22. The lowest BCUT2D eigenvalue weighted by Gasteiger charge is -2.13. The lowest BCUT2D eigenvalue weighted by Crippen LogP contribution is -2.25. The van der Waals surface area contributed by atoms with Crippen LogP contribution in [0.4, 0.5) is 4.79 Å². The number of amides is 1. The van der Waals surface area contributed by atoms with Crippen molar-refractivity contribution in [1.82, 2.24) is 4.90 Å². The molecule has 0 aliphatic heterocycles. The molecule has 2 aromatic rings. The Morgan fingerprint density at radius 1 is 1.08 bits per heavy atom. The van der Waals surface area contributed by atoms with Crippen LogP contribution in [0.2, 0.25) is 0 Å². The van der Waals surface area contributed by atoms with Crippen LogP contribution in [0.5, 0.6) is 5.75 Å². The van der Waals surface area contributed by atoms with E-state index in [-0.39, 0.29) is 5.78 Å². The van der Waals surface area contributed by atoms with Crippen molar-refractivity contribution in [3.63, 3.8) is 0 Å². The number of carbonyl (C=O) groups excluding carboxylic acids is 2. The number of ketones is 1. The molecule has 0 aliphatic carbocycles. The number of hydrogen-bond acceptors (Lipinski definition) is 4. The number of Topliss-reactive ketones (excluding diaryl/α,β-unsaturated/α-hetero) is 1. The quantitative estimate of drug-likeness (QED) is 0.553. The van der Waals surface area contributed by atoms with Gasteiger partial charge in [0.1, 0.15) is 5.75 Å². The average molecular weight is 392 g/mol. The topological polar surface area (TPSA) is 55.8 Å². The first kappa shape index (κ1) is 18.2. The van der Waals surface area contributed by atoms with Crippen molar-refractivity contribution < 1.29 is 19.1 Å². The Morgan fingerprint density at radius 2 is 1.79 bits per heavy atom. The highest BCUT2D eigenvalue weighted by Gasteiger charge is 2.18. The number of ether oxygens (including phenoxy) is 2. The van der Waals surface area contributed by atoms with Crippen molar-refractivity contribution >= 4 is 27.8 Å². The Labute approximate surface area is 149 Å². The molecule has 0 N–H and O–H groups in total. The summed E-state index contributed by atoms with van der Waals surface area (Å²) in [5.41, 5.74) is 1.37. The fourth-order valence-corrected chi connectivity index (χ4v) is 2.25. The minimum atomic E-state index is -0.780. The lowest BCUT2D eigenvalue weighted by molar-refractivity contribution is 0.0652. The van der Waals surface area contributed by atoms with Crippen LogP contribution >= 0.6 is 15.9 Å². The molecular formula is C18H18BrNO4. The van der Waals surface area contributed by atoms with E-state index in [4.69, 9.17) is 9.47 Å². The first-order valence-electron chi connectivity index (χ1n) is 7.30. The Hall–Kier alpha value is -2.18. The van der Waals surface area contributed by atoms with Crippen molar-refractivity contribution in [3.05, 3.63) is 65.7 Å². The molecule has 2 aromatic carbocycles. The van der Waals surface area contributed by atoms with Crippen LogP contribution in [0.1, 0.15) is 15.9 Å². The highest BCUT2D eigenvalue weighted by molar-refractivity contribution is 9.09. The van der Waals surface area contributed by atoms with Gasteiger partial charge in [0.05, 0.1) is 6.61 Å². The lowest BCUT2D eigenvalue weighted by atomic mass is 10.1. The van der Waals surface area contributed by atoms with Crippen LogP contribution in [-0.2, 0) is 11.3 Å². The van der Waals surface area contributed by atoms with Crippen LogP contribution in [0, 0.1) is 0 Å². The Kier molecular flexibility index (Phi) is 6.52. The summed E-state index contributed by atoms with van der Waals surface area (Å²) in [5, 5.41) is -0.780. The zero-order chi connectivity index (χ0) is 17.5. The molecule has 6 heteroatoms. The molecule has 2 rings (SSSR count). The molecule has 1 atom stereocenters. The predicted octanol–water partition coefficient (Wildman–Crippen LogP) is 3.87. The zero-order valence-corrected chi connectivity index (χ0v) is 15.0. The molecule has 0 radical (unpaired) electrons. The minimum Gasteiger partial charge on any atom is -0.410 e. The Morgan fingerprint density at radius 3 is 2.46 bits per heavy atom. The van der Waals surface area contributed by atoms with Gasteiger partial charge in [-0.1, -0.05) is 42.5 Å². The predicted molar refractivity (Wildman–Crippen MR) is 94.4 cm³/mol. The van der Waals surface area contributed by atoms with Gasteiger partial charge in [-0.25, -0.2) is 4.79 Å². The van der Waals surface area contributed by atoms with Gasteiger partial charge in [-0.3, -0.25) is 4.79 Å². The number of nitrogens with zero attached hydrogens (tertiary/aromatic N) is 1. The second-order valence-corrected chi connectivity index (χ2v) is 6.10.